The second-order valence-electron chi connectivity index (χ2n) is 10.1. The van der Waals surface area contributed by atoms with Crippen molar-refractivity contribution in [3.8, 4) is 0 Å². The number of aromatic amines is 1. The first-order valence-corrected chi connectivity index (χ1v) is 13.3. The van der Waals surface area contributed by atoms with Gasteiger partial charge in [0, 0.05) is 49.2 Å². The third-order valence-electron chi connectivity index (χ3n) is 7.24. The molecule has 2 heterocycles. The van der Waals surface area contributed by atoms with Crippen LogP contribution in [0.5, 0.6) is 0 Å². The Morgan fingerprint density at radius 3 is 2.35 bits per heavy atom. The van der Waals surface area contributed by atoms with Crippen LogP contribution in [0, 0.1) is 5.92 Å². The van der Waals surface area contributed by atoms with Crippen LogP contribution in [-0.4, -0.2) is 48.3 Å². The molecule has 6 heteroatoms. The highest BCUT2D eigenvalue weighted by Gasteiger charge is 2.21. The van der Waals surface area contributed by atoms with E-state index in [0.29, 0.717) is 18.7 Å². The predicted molar refractivity (Wildman–Crippen MR) is 150 cm³/mol. The molecule has 1 unspecified atom stereocenters. The van der Waals surface area contributed by atoms with E-state index in [9.17, 15) is 9.90 Å². The van der Waals surface area contributed by atoms with Gasteiger partial charge in [-0.05, 0) is 60.6 Å². The number of amides is 1. The van der Waals surface area contributed by atoms with Crippen molar-refractivity contribution in [1.82, 2.24) is 15.6 Å². The Balaban J connectivity index is 1.10. The van der Waals surface area contributed by atoms with Crippen molar-refractivity contribution >= 4 is 22.6 Å². The third kappa shape index (κ3) is 6.79. The molecule has 1 amide bonds. The fourth-order valence-corrected chi connectivity index (χ4v) is 5.12. The quantitative estimate of drug-likeness (QED) is 0.261. The molecule has 0 radical (unpaired) electrons. The highest BCUT2D eigenvalue weighted by Crippen LogP contribution is 2.28. The highest BCUT2D eigenvalue weighted by molar-refractivity contribution is 5.98. The zero-order valence-electron chi connectivity index (χ0n) is 21.2. The number of H-pyrrole nitrogens is 1. The molecule has 0 aliphatic carbocycles. The number of carbonyl (C=O) groups excluding carboxylic acids is 1. The van der Waals surface area contributed by atoms with Crippen molar-refractivity contribution in [3.63, 3.8) is 0 Å². The molecule has 0 saturated carbocycles. The number of aliphatic hydroxyl groups is 1. The summed E-state index contributed by atoms with van der Waals surface area (Å²) < 4.78 is 0. The summed E-state index contributed by atoms with van der Waals surface area (Å²) in [6, 6.07) is 28.7. The van der Waals surface area contributed by atoms with E-state index in [0.717, 1.165) is 47.7 Å². The Morgan fingerprint density at radius 1 is 0.919 bits per heavy atom. The summed E-state index contributed by atoms with van der Waals surface area (Å²) >= 11 is 0. The van der Waals surface area contributed by atoms with Crippen LogP contribution in [0.25, 0.3) is 10.9 Å². The van der Waals surface area contributed by atoms with Crippen molar-refractivity contribution in [1.29, 1.82) is 0 Å². The average Bonchev–Trinajstić information content (AvgIpc) is 3.37. The van der Waals surface area contributed by atoms with Crippen LogP contribution < -0.4 is 15.5 Å². The summed E-state index contributed by atoms with van der Waals surface area (Å²) in [4.78, 5) is 18.7. The number of benzene rings is 3. The van der Waals surface area contributed by atoms with Crippen LogP contribution in [-0.2, 0) is 13.0 Å². The van der Waals surface area contributed by atoms with E-state index in [-0.39, 0.29) is 12.5 Å². The molecule has 1 aliphatic heterocycles. The van der Waals surface area contributed by atoms with E-state index in [1.807, 2.05) is 48.5 Å². The number of nitrogens with zero attached hydrogens (tertiary/aromatic N) is 1. The lowest BCUT2D eigenvalue weighted by atomic mass is 9.90. The third-order valence-corrected chi connectivity index (χ3v) is 7.24. The molecule has 1 saturated heterocycles. The predicted octanol–water partition coefficient (Wildman–Crippen LogP) is 4.51. The van der Waals surface area contributed by atoms with Crippen molar-refractivity contribution in [2.24, 2.45) is 5.92 Å². The van der Waals surface area contributed by atoms with Crippen molar-refractivity contribution in [3.05, 3.63) is 102 Å². The van der Waals surface area contributed by atoms with Crippen LogP contribution >= 0.6 is 0 Å². The van der Waals surface area contributed by atoms with Gasteiger partial charge in [-0.3, -0.25) is 4.79 Å². The molecule has 1 aliphatic rings. The fourth-order valence-electron chi connectivity index (χ4n) is 5.12. The minimum absolute atomic E-state index is 0.173. The minimum atomic E-state index is -0.653. The normalized spacial score (nSPS) is 15.1. The van der Waals surface area contributed by atoms with Gasteiger partial charge in [0.2, 0.25) is 0 Å². The SMILES string of the molecule is O=C(NCC(O)CNCc1ccccc1)c1ccc2[nH]c(N3CCC(Cc4ccccc4)CC3)cc2c1. The van der Waals surface area contributed by atoms with Gasteiger partial charge in [-0.25, -0.2) is 0 Å². The summed E-state index contributed by atoms with van der Waals surface area (Å²) in [6.07, 6.45) is 2.86. The van der Waals surface area contributed by atoms with Crippen LogP contribution in [0.2, 0.25) is 0 Å². The lowest BCUT2D eigenvalue weighted by molar-refractivity contribution is 0.0915. The molecule has 192 valence electrons. The number of hydrogen-bond acceptors (Lipinski definition) is 4. The summed E-state index contributed by atoms with van der Waals surface area (Å²) in [7, 11) is 0. The first-order valence-electron chi connectivity index (χ1n) is 13.3. The van der Waals surface area contributed by atoms with Gasteiger partial charge in [0.1, 0.15) is 5.82 Å². The first-order chi connectivity index (χ1) is 18.1. The molecule has 1 aromatic heterocycles. The van der Waals surface area contributed by atoms with E-state index < -0.39 is 6.10 Å². The van der Waals surface area contributed by atoms with Crippen molar-refractivity contribution < 1.29 is 9.90 Å². The Labute approximate surface area is 218 Å². The fraction of sp³-hybridized carbons (Fsp3) is 0.323. The Bertz CT molecular complexity index is 1280. The van der Waals surface area contributed by atoms with Gasteiger partial charge in [-0.2, -0.15) is 0 Å². The molecule has 37 heavy (non-hydrogen) atoms. The minimum Gasteiger partial charge on any atom is -0.390 e. The lowest BCUT2D eigenvalue weighted by Crippen LogP contribution is -2.37. The summed E-state index contributed by atoms with van der Waals surface area (Å²) in [5.74, 6) is 1.67. The van der Waals surface area contributed by atoms with Gasteiger partial charge < -0.3 is 25.6 Å². The standard InChI is InChI=1S/C31H36N4O2/c36-28(21-32-20-25-9-5-2-6-10-25)22-33-31(37)26-11-12-29-27(18-26)19-30(34-29)35-15-13-24(14-16-35)17-23-7-3-1-4-8-23/h1-12,18-19,24,28,32,34,36H,13-17,20-22H2,(H,33,37). The number of hydrogen-bond donors (Lipinski definition) is 4. The van der Waals surface area contributed by atoms with Gasteiger partial charge >= 0.3 is 0 Å². The second kappa shape index (κ2) is 12.1. The van der Waals surface area contributed by atoms with Crippen LogP contribution in [0.15, 0.2) is 84.9 Å². The van der Waals surface area contributed by atoms with Crippen LogP contribution in [0.1, 0.15) is 34.3 Å². The molecule has 1 fully saturated rings. The topological polar surface area (TPSA) is 80.4 Å². The number of fused-ring (bicyclic) bond motifs is 1. The number of anilines is 1. The molecule has 0 bridgehead atoms. The van der Waals surface area contributed by atoms with Crippen molar-refractivity contribution in [2.75, 3.05) is 31.1 Å². The summed E-state index contributed by atoms with van der Waals surface area (Å²) in [5.41, 5.74) is 4.22. The molecule has 4 N–H and O–H groups in total. The second-order valence-corrected chi connectivity index (χ2v) is 10.1. The molecule has 0 spiro atoms. The van der Waals surface area contributed by atoms with Gasteiger partial charge in [0.15, 0.2) is 0 Å². The molecule has 3 aromatic carbocycles. The summed E-state index contributed by atoms with van der Waals surface area (Å²) in [5, 5.41) is 17.4. The van der Waals surface area contributed by atoms with Gasteiger partial charge in [0.05, 0.1) is 6.10 Å². The molecular weight excluding hydrogens is 460 g/mol. The van der Waals surface area contributed by atoms with Crippen LogP contribution in [0.3, 0.4) is 0 Å². The van der Waals surface area contributed by atoms with Crippen molar-refractivity contribution in [2.45, 2.75) is 31.9 Å². The smallest absolute Gasteiger partial charge is 0.251 e. The Hall–Kier alpha value is -3.61. The maximum atomic E-state index is 12.7. The molecule has 4 aromatic rings. The summed E-state index contributed by atoms with van der Waals surface area (Å²) in [6.45, 7) is 3.37. The first kappa shape index (κ1) is 25.1. The zero-order valence-corrected chi connectivity index (χ0v) is 21.2. The van der Waals surface area contributed by atoms with Gasteiger partial charge in [0.25, 0.3) is 5.91 Å². The zero-order chi connectivity index (χ0) is 25.5. The van der Waals surface area contributed by atoms with Gasteiger partial charge in [-0.1, -0.05) is 60.7 Å². The van der Waals surface area contributed by atoms with E-state index in [1.54, 1.807) is 0 Å². The Morgan fingerprint density at radius 2 is 1.62 bits per heavy atom. The lowest BCUT2D eigenvalue weighted by Gasteiger charge is -2.32. The van der Waals surface area contributed by atoms with Gasteiger partial charge in [-0.15, -0.1) is 0 Å². The number of rotatable bonds is 10. The molecule has 1 atom stereocenters. The molecule has 6 nitrogen and oxygen atoms in total. The number of piperidine rings is 1. The molecular formula is C31H36N4O2. The number of carbonyl (C=O) groups is 1. The van der Waals surface area contributed by atoms with Crippen LogP contribution in [0.4, 0.5) is 5.82 Å². The highest BCUT2D eigenvalue weighted by atomic mass is 16.3. The Kier molecular flexibility index (Phi) is 8.18. The molecule has 5 rings (SSSR count). The maximum Gasteiger partial charge on any atom is 0.251 e. The monoisotopic (exact) mass is 496 g/mol. The average molecular weight is 497 g/mol. The van der Waals surface area contributed by atoms with E-state index in [4.69, 9.17) is 0 Å². The number of nitrogens with one attached hydrogen (secondary N) is 3. The number of aromatic nitrogens is 1. The largest absolute Gasteiger partial charge is 0.390 e. The van der Waals surface area contributed by atoms with E-state index in [2.05, 4.69) is 56.9 Å². The van der Waals surface area contributed by atoms with E-state index >= 15 is 0 Å². The number of aliphatic hydroxyl groups excluding tert-OH is 1. The maximum absolute atomic E-state index is 12.7. The van der Waals surface area contributed by atoms with E-state index in [1.165, 1.54) is 18.4 Å².